The van der Waals surface area contributed by atoms with Crippen molar-refractivity contribution in [2.24, 2.45) is 4.99 Å². The second kappa shape index (κ2) is 19.5. The fourth-order valence-corrected chi connectivity index (χ4v) is 6.99. The maximum atomic E-state index is 13.5. The number of carbonyl (C=O) groups excluding carboxylic acids is 2. The van der Waals surface area contributed by atoms with E-state index in [-0.39, 0.29) is 0 Å². The molecule has 2 aromatic rings. The number of thiophene rings is 1. The fourth-order valence-electron chi connectivity index (χ4n) is 5.99. The number of rotatable bonds is 17. The van der Waals surface area contributed by atoms with E-state index in [0.29, 0.717) is 18.0 Å². The summed E-state index contributed by atoms with van der Waals surface area (Å²) in [6, 6.07) is 9.63. The number of fused-ring (bicyclic) bond motifs is 2. The first kappa shape index (κ1) is 35.7. The SMILES string of the molecule is CCCCCCCCCCCCCCCCOC(=O)OCOC(=O)N1c2ccccc2N=C(N2CCN(C)CC2)c2cc(C)sc21. The van der Waals surface area contributed by atoms with E-state index in [1.807, 2.05) is 31.2 Å². The molecule has 3 heterocycles. The van der Waals surface area contributed by atoms with E-state index in [4.69, 9.17) is 19.2 Å². The minimum absolute atomic E-state index is 0.300. The van der Waals surface area contributed by atoms with Gasteiger partial charge in [-0.15, -0.1) is 11.3 Å². The summed E-state index contributed by atoms with van der Waals surface area (Å²) >= 11 is 1.51. The highest BCUT2D eigenvalue weighted by Gasteiger charge is 2.33. The lowest BCUT2D eigenvalue weighted by Crippen LogP contribution is -2.47. The molecule has 2 aliphatic rings. The van der Waals surface area contributed by atoms with Crippen molar-refractivity contribution in [3.8, 4) is 0 Å². The van der Waals surface area contributed by atoms with Gasteiger partial charge in [0, 0.05) is 31.1 Å². The van der Waals surface area contributed by atoms with Crippen LogP contribution in [0.2, 0.25) is 0 Å². The number of unbranched alkanes of at least 4 members (excludes halogenated alkanes) is 13. The number of hydrogen-bond donors (Lipinski definition) is 0. The van der Waals surface area contributed by atoms with E-state index in [1.54, 1.807) is 0 Å². The van der Waals surface area contributed by atoms with Crippen molar-refractivity contribution in [1.29, 1.82) is 0 Å². The first-order chi connectivity index (χ1) is 22.5. The molecule has 0 radical (unpaired) electrons. The largest absolute Gasteiger partial charge is 0.511 e. The lowest BCUT2D eigenvalue weighted by atomic mass is 10.0. The highest BCUT2D eigenvalue weighted by Crippen LogP contribution is 2.44. The molecular weight excluding hydrogens is 600 g/mol. The predicted octanol–water partition coefficient (Wildman–Crippen LogP) is 9.56. The van der Waals surface area contributed by atoms with Gasteiger partial charge in [0.05, 0.1) is 23.5 Å². The normalized spacial score (nSPS) is 14.7. The van der Waals surface area contributed by atoms with Gasteiger partial charge in [-0.2, -0.15) is 0 Å². The molecule has 9 nitrogen and oxygen atoms in total. The van der Waals surface area contributed by atoms with Gasteiger partial charge in [-0.05, 0) is 38.6 Å². The average molecular weight is 655 g/mol. The van der Waals surface area contributed by atoms with E-state index >= 15 is 0 Å². The Bertz CT molecular complexity index is 1260. The first-order valence-electron chi connectivity index (χ1n) is 17.5. The van der Waals surface area contributed by atoms with Crippen LogP contribution in [0.3, 0.4) is 0 Å². The summed E-state index contributed by atoms with van der Waals surface area (Å²) in [5, 5.41) is 0.741. The molecule has 10 heteroatoms. The number of carbonyl (C=O) groups is 2. The summed E-state index contributed by atoms with van der Waals surface area (Å²) in [4.78, 5) is 37.9. The molecule has 0 spiro atoms. The Balaban J connectivity index is 1.16. The van der Waals surface area contributed by atoms with Gasteiger partial charge in [0.25, 0.3) is 0 Å². The van der Waals surface area contributed by atoms with E-state index in [0.717, 1.165) is 66.7 Å². The molecule has 1 aromatic heterocycles. The quantitative estimate of drug-likeness (QED) is 0.0954. The smallest absolute Gasteiger partial charge is 0.434 e. The number of benzene rings is 1. The van der Waals surface area contributed by atoms with Gasteiger partial charge in [-0.1, -0.05) is 103 Å². The van der Waals surface area contributed by atoms with Gasteiger partial charge in [-0.25, -0.2) is 19.5 Å². The maximum absolute atomic E-state index is 13.5. The predicted molar refractivity (Wildman–Crippen MR) is 187 cm³/mol. The number of likely N-dealkylation sites (N-methyl/N-ethyl adjacent to an activating group) is 1. The molecular formula is C36H54N4O5S. The molecule has 0 N–H and O–H groups in total. The van der Waals surface area contributed by atoms with Crippen LogP contribution >= 0.6 is 11.3 Å². The summed E-state index contributed by atoms with van der Waals surface area (Å²) in [5.41, 5.74) is 2.21. The lowest BCUT2D eigenvalue weighted by Gasteiger charge is -2.34. The van der Waals surface area contributed by atoms with Crippen LogP contribution in [0.25, 0.3) is 0 Å². The molecule has 46 heavy (non-hydrogen) atoms. The number of ether oxygens (including phenoxy) is 3. The Morgan fingerprint density at radius 1 is 0.804 bits per heavy atom. The van der Waals surface area contributed by atoms with Crippen molar-refractivity contribution in [3.63, 3.8) is 0 Å². The summed E-state index contributed by atoms with van der Waals surface area (Å²) in [7, 11) is 2.12. The lowest BCUT2D eigenvalue weighted by molar-refractivity contribution is -0.0127. The van der Waals surface area contributed by atoms with E-state index in [9.17, 15) is 9.59 Å². The summed E-state index contributed by atoms with van der Waals surface area (Å²) in [5.74, 6) is 0.860. The third-order valence-corrected chi connectivity index (χ3v) is 9.73. The van der Waals surface area contributed by atoms with Crippen LogP contribution in [0.1, 0.15) is 107 Å². The number of aliphatic imine (C=N–C) groups is 1. The van der Waals surface area contributed by atoms with E-state index in [2.05, 4.69) is 29.8 Å². The number of para-hydroxylation sites is 2. The van der Waals surface area contributed by atoms with Crippen LogP contribution in [0.15, 0.2) is 35.3 Å². The number of piperazine rings is 1. The van der Waals surface area contributed by atoms with Gasteiger partial charge in [0.2, 0.25) is 6.79 Å². The van der Waals surface area contributed by atoms with Crippen molar-refractivity contribution in [2.45, 2.75) is 104 Å². The second-order valence-corrected chi connectivity index (χ2v) is 13.7. The number of aryl methyl sites for hydroxylation is 1. The van der Waals surface area contributed by atoms with Gasteiger partial charge in [-0.3, -0.25) is 0 Å². The summed E-state index contributed by atoms with van der Waals surface area (Å²) in [6.45, 7) is 7.65. The van der Waals surface area contributed by atoms with Crippen LogP contribution in [0, 0.1) is 6.92 Å². The highest BCUT2D eigenvalue weighted by molar-refractivity contribution is 7.16. The monoisotopic (exact) mass is 654 g/mol. The molecule has 254 valence electrons. The summed E-state index contributed by atoms with van der Waals surface area (Å²) < 4.78 is 15.8. The molecule has 1 aromatic carbocycles. The molecule has 0 saturated carbocycles. The molecule has 0 atom stereocenters. The summed E-state index contributed by atoms with van der Waals surface area (Å²) in [6.07, 6.45) is 16.3. The average Bonchev–Trinajstić information content (AvgIpc) is 3.37. The van der Waals surface area contributed by atoms with Crippen molar-refractivity contribution in [3.05, 3.63) is 40.8 Å². The Labute approximate surface area is 279 Å². The highest BCUT2D eigenvalue weighted by atomic mass is 32.1. The minimum atomic E-state index is -0.827. The van der Waals surface area contributed by atoms with Gasteiger partial charge in [0.15, 0.2) is 0 Å². The molecule has 0 unspecified atom stereocenters. The molecule has 0 aliphatic carbocycles. The van der Waals surface area contributed by atoms with E-state index < -0.39 is 19.0 Å². The standard InChI is InChI=1S/C36H54N4O5S/c1-4-5-6-7-8-9-10-11-12-13-14-15-16-19-26-43-36(42)45-28-44-35(41)40-32-21-18-17-20-31(32)37-33(30-27-29(2)46-34(30)40)39-24-22-38(3)23-25-39/h17-18,20-21,27H,4-16,19,22-26,28H2,1-3H3. The third-order valence-electron chi connectivity index (χ3n) is 8.69. The first-order valence-corrected chi connectivity index (χ1v) is 18.3. The molecule has 2 aliphatic heterocycles. The van der Waals surface area contributed by atoms with Gasteiger partial charge < -0.3 is 24.0 Å². The number of nitrogens with zero attached hydrogens (tertiary/aromatic N) is 4. The Morgan fingerprint density at radius 2 is 1.41 bits per heavy atom. The number of hydrogen-bond acceptors (Lipinski definition) is 9. The number of anilines is 2. The second-order valence-electron chi connectivity index (χ2n) is 12.5. The van der Waals surface area contributed by atoms with Crippen LogP contribution in [-0.4, -0.2) is 74.5 Å². The van der Waals surface area contributed by atoms with Crippen LogP contribution in [0.5, 0.6) is 0 Å². The van der Waals surface area contributed by atoms with Crippen LogP contribution in [-0.2, 0) is 14.2 Å². The van der Waals surface area contributed by atoms with Crippen molar-refractivity contribution in [2.75, 3.05) is 51.5 Å². The Hall–Kier alpha value is -3.11. The zero-order chi connectivity index (χ0) is 32.6. The minimum Gasteiger partial charge on any atom is -0.434 e. The zero-order valence-corrected chi connectivity index (χ0v) is 29.1. The van der Waals surface area contributed by atoms with Crippen molar-refractivity contribution in [1.82, 2.24) is 9.80 Å². The maximum Gasteiger partial charge on any atom is 0.511 e. The molecule has 1 fully saturated rings. The number of amidine groups is 1. The molecule has 0 bridgehead atoms. The third kappa shape index (κ3) is 11.0. The zero-order valence-electron chi connectivity index (χ0n) is 28.3. The molecule has 1 amide bonds. The van der Waals surface area contributed by atoms with E-state index in [1.165, 1.54) is 86.9 Å². The van der Waals surface area contributed by atoms with Crippen LogP contribution < -0.4 is 4.90 Å². The molecule has 4 rings (SSSR count). The Morgan fingerprint density at radius 3 is 2.07 bits per heavy atom. The van der Waals surface area contributed by atoms with Gasteiger partial charge >= 0.3 is 12.2 Å². The topological polar surface area (TPSA) is 83.9 Å². The Kier molecular flexibility index (Phi) is 15.2. The fraction of sp³-hybridized carbons (Fsp3) is 0.639. The molecule has 1 saturated heterocycles. The number of amides is 1. The van der Waals surface area contributed by atoms with Gasteiger partial charge in [0.1, 0.15) is 10.8 Å². The van der Waals surface area contributed by atoms with Crippen LogP contribution in [0.4, 0.5) is 26.0 Å². The van der Waals surface area contributed by atoms with Crippen molar-refractivity contribution >= 4 is 45.8 Å². The van der Waals surface area contributed by atoms with Crippen molar-refractivity contribution < 1.29 is 23.8 Å².